The van der Waals surface area contributed by atoms with Gasteiger partial charge in [0, 0.05) is 13.1 Å². The van der Waals surface area contributed by atoms with Gasteiger partial charge in [-0.3, -0.25) is 0 Å². The molecule has 0 amide bonds. The van der Waals surface area contributed by atoms with Crippen LogP contribution in [-0.4, -0.2) is 17.3 Å². The minimum atomic E-state index is -4.57. The molecule has 1 rings (SSSR count). The Morgan fingerprint density at radius 1 is 1.10 bits per heavy atom. The summed E-state index contributed by atoms with van der Waals surface area (Å²) in [5.74, 6) is -0.919. The molecule has 2 N–H and O–H groups in total. The van der Waals surface area contributed by atoms with Crippen molar-refractivity contribution in [2.45, 2.75) is 45.0 Å². The third-order valence-corrected chi connectivity index (χ3v) is 3.38. The molecule has 114 valence electrons. The van der Waals surface area contributed by atoms with E-state index in [9.17, 15) is 22.7 Å². The first-order chi connectivity index (χ1) is 9.20. The molecule has 0 bridgehead atoms. The minimum Gasteiger partial charge on any atom is -0.389 e. The lowest BCUT2D eigenvalue weighted by Gasteiger charge is -2.25. The molecule has 1 aromatic rings. The Hall–Kier alpha value is -1.14. The van der Waals surface area contributed by atoms with Crippen LogP contribution in [-0.2, 0) is 12.7 Å². The molecule has 2 nitrogen and oxygen atoms in total. The number of alkyl halides is 3. The number of nitrogens with one attached hydrogen (secondary N) is 1. The predicted molar refractivity (Wildman–Crippen MR) is 68.6 cm³/mol. The number of benzene rings is 1. The molecule has 0 aliphatic heterocycles. The van der Waals surface area contributed by atoms with Gasteiger partial charge in [-0.05, 0) is 36.6 Å². The maximum absolute atomic E-state index is 13.2. The Morgan fingerprint density at radius 2 is 1.70 bits per heavy atom. The quantitative estimate of drug-likeness (QED) is 0.787. The number of hydrogen-bond acceptors (Lipinski definition) is 2. The summed E-state index contributed by atoms with van der Waals surface area (Å²) in [7, 11) is 0. The van der Waals surface area contributed by atoms with Crippen LogP contribution in [0.15, 0.2) is 18.2 Å². The van der Waals surface area contributed by atoms with Crippen molar-refractivity contribution in [1.82, 2.24) is 5.32 Å². The van der Waals surface area contributed by atoms with Crippen LogP contribution in [0.1, 0.15) is 37.8 Å². The Kier molecular flexibility index (Phi) is 5.53. The van der Waals surface area contributed by atoms with Crippen molar-refractivity contribution in [3.05, 3.63) is 35.1 Å². The largest absolute Gasteiger partial charge is 0.416 e. The molecule has 0 atom stereocenters. The summed E-state index contributed by atoms with van der Waals surface area (Å²) in [6, 6.07) is 2.43. The van der Waals surface area contributed by atoms with Crippen LogP contribution in [0.3, 0.4) is 0 Å². The average Bonchev–Trinajstić information content (AvgIpc) is 2.37. The van der Waals surface area contributed by atoms with Crippen molar-refractivity contribution < 1.29 is 22.7 Å². The van der Waals surface area contributed by atoms with Crippen molar-refractivity contribution in [2.24, 2.45) is 0 Å². The Labute approximate surface area is 115 Å². The molecule has 0 aliphatic rings. The fourth-order valence-electron chi connectivity index (χ4n) is 1.86. The van der Waals surface area contributed by atoms with Crippen LogP contribution >= 0.6 is 0 Å². The maximum Gasteiger partial charge on any atom is 0.416 e. The fraction of sp³-hybridized carbons (Fsp3) is 0.571. The first-order valence-corrected chi connectivity index (χ1v) is 6.50. The summed E-state index contributed by atoms with van der Waals surface area (Å²) in [5.41, 5.74) is -1.69. The summed E-state index contributed by atoms with van der Waals surface area (Å²) in [4.78, 5) is 0. The molecule has 0 spiro atoms. The topological polar surface area (TPSA) is 32.3 Å². The van der Waals surface area contributed by atoms with E-state index >= 15 is 0 Å². The van der Waals surface area contributed by atoms with Crippen LogP contribution in [0.4, 0.5) is 17.6 Å². The van der Waals surface area contributed by atoms with Crippen LogP contribution in [0.2, 0.25) is 0 Å². The van der Waals surface area contributed by atoms with Crippen LogP contribution in [0, 0.1) is 5.82 Å². The summed E-state index contributed by atoms with van der Waals surface area (Å²) in [6.07, 6.45) is -3.49. The number of aliphatic hydroxyl groups is 1. The lowest BCUT2D eigenvalue weighted by Crippen LogP contribution is -2.39. The van der Waals surface area contributed by atoms with E-state index in [0.29, 0.717) is 18.9 Å². The summed E-state index contributed by atoms with van der Waals surface area (Å²) in [5, 5.41) is 12.9. The normalized spacial score (nSPS) is 12.8. The van der Waals surface area contributed by atoms with Crippen molar-refractivity contribution in [2.75, 3.05) is 6.54 Å². The molecule has 0 saturated heterocycles. The van der Waals surface area contributed by atoms with Gasteiger partial charge in [-0.25, -0.2) is 4.39 Å². The zero-order valence-electron chi connectivity index (χ0n) is 11.5. The van der Waals surface area contributed by atoms with E-state index in [2.05, 4.69) is 5.32 Å². The van der Waals surface area contributed by atoms with Gasteiger partial charge in [0.2, 0.25) is 0 Å². The van der Waals surface area contributed by atoms with Gasteiger partial charge in [0.1, 0.15) is 5.82 Å². The summed E-state index contributed by atoms with van der Waals surface area (Å²) < 4.78 is 50.8. The number of hydrogen-bond donors (Lipinski definition) is 2. The highest BCUT2D eigenvalue weighted by atomic mass is 19.4. The molecular weight excluding hydrogens is 274 g/mol. The van der Waals surface area contributed by atoms with Gasteiger partial charge < -0.3 is 10.4 Å². The van der Waals surface area contributed by atoms with Crippen molar-refractivity contribution in [3.8, 4) is 0 Å². The van der Waals surface area contributed by atoms with Crippen molar-refractivity contribution >= 4 is 0 Å². The smallest absolute Gasteiger partial charge is 0.389 e. The van der Waals surface area contributed by atoms with E-state index in [0.717, 1.165) is 12.1 Å². The van der Waals surface area contributed by atoms with E-state index in [4.69, 9.17) is 0 Å². The first kappa shape index (κ1) is 16.9. The highest BCUT2D eigenvalue weighted by Gasteiger charge is 2.31. The van der Waals surface area contributed by atoms with Gasteiger partial charge >= 0.3 is 6.18 Å². The molecule has 20 heavy (non-hydrogen) atoms. The third kappa shape index (κ3) is 4.76. The van der Waals surface area contributed by atoms with Gasteiger partial charge in [-0.2, -0.15) is 13.2 Å². The zero-order valence-corrected chi connectivity index (χ0v) is 11.5. The van der Waals surface area contributed by atoms with E-state index in [1.807, 2.05) is 13.8 Å². The van der Waals surface area contributed by atoms with Gasteiger partial charge in [-0.1, -0.05) is 13.8 Å². The molecule has 0 aromatic heterocycles. The standard InChI is InChI=1S/C14H19F4NO/c1-3-13(20,4-2)9-19-8-10-5-11(14(16,17)18)7-12(15)6-10/h5-7,19-20H,3-4,8-9H2,1-2H3. The minimum absolute atomic E-state index is 0.0726. The lowest BCUT2D eigenvalue weighted by molar-refractivity contribution is -0.137. The highest BCUT2D eigenvalue weighted by Crippen LogP contribution is 2.30. The van der Waals surface area contributed by atoms with Gasteiger partial charge in [-0.15, -0.1) is 0 Å². The SMILES string of the molecule is CCC(O)(CC)CNCc1cc(F)cc(C(F)(F)F)c1. The van der Waals surface area contributed by atoms with Gasteiger partial charge in [0.05, 0.1) is 11.2 Å². The second-order valence-electron chi connectivity index (χ2n) is 4.88. The Morgan fingerprint density at radius 3 is 2.20 bits per heavy atom. The average molecular weight is 293 g/mol. The van der Waals surface area contributed by atoms with E-state index in [1.54, 1.807) is 0 Å². The monoisotopic (exact) mass is 293 g/mol. The maximum atomic E-state index is 13.2. The second kappa shape index (κ2) is 6.54. The first-order valence-electron chi connectivity index (χ1n) is 6.50. The zero-order chi connectivity index (χ0) is 15.4. The van der Waals surface area contributed by atoms with Crippen LogP contribution in [0.25, 0.3) is 0 Å². The molecule has 0 radical (unpaired) electrons. The van der Waals surface area contributed by atoms with E-state index in [-0.39, 0.29) is 18.7 Å². The van der Waals surface area contributed by atoms with E-state index in [1.165, 1.54) is 0 Å². The number of rotatable bonds is 6. The molecular formula is C14H19F4NO. The molecule has 0 fully saturated rings. The van der Waals surface area contributed by atoms with Crippen LogP contribution in [0.5, 0.6) is 0 Å². The summed E-state index contributed by atoms with van der Waals surface area (Å²) in [6.45, 7) is 3.98. The van der Waals surface area contributed by atoms with Gasteiger partial charge in [0.25, 0.3) is 0 Å². The molecule has 1 aromatic carbocycles. The van der Waals surface area contributed by atoms with Crippen molar-refractivity contribution in [3.63, 3.8) is 0 Å². The second-order valence-corrected chi connectivity index (χ2v) is 4.88. The molecule has 0 heterocycles. The van der Waals surface area contributed by atoms with Crippen LogP contribution < -0.4 is 5.32 Å². The molecule has 0 unspecified atom stereocenters. The fourth-order valence-corrected chi connectivity index (χ4v) is 1.86. The molecule has 0 saturated carbocycles. The van der Waals surface area contributed by atoms with Gasteiger partial charge in [0.15, 0.2) is 0 Å². The Balaban J connectivity index is 2.72. The predicted octanol–water partition coefficient (Wildman–Crippen LogP) is 3.49. The Bertz CT molecular complexity index is 441. The summed E-state index contributed by atoms with van der Waals surface area (Å²) >= 11 is 0. The number of halogens is 4. The highest BCUT2D eigenvalue weighted by molar-refractivity contribution is 5.26. The van der Waals surface area contributed by atoms with E-state index < -0.39 is 23.2 Å². The third-order valence-electron chi connectivity index (χ3n) is 3.38. The molecule has 6 heteroatoms. The molecule has 0 aliphatic carbocycles. The lowest BCUT2D eigenvalue weighted by atomic mass is 9.97. The van der Waals surface area contributed by atoms with Crippen molar-refractivity contribution in [1.29, 1.82) is 0 Å².